The summed E-state index contributed by atoms with van der Waals surface area (Å²) in [4.78, 5) is 16.4. The van der Waals surface area contributed by atoms with E-state index in [1.54, 1.807) is 13.2 Å². The van der Waals surface area contributed by atoms with E-state index in [9.17, 15) is 4.79 Å². The molecule has 0 saturated heterocycles. The predicted octanol–water partition coefficient (Wildman–Crippen LogP) is 2.87. The van der Waals surface area contributed by atoms with Crippen LogP contribution in [0.5, 0.6) is 0 Å². The van der Waals surface area contributed by atoms with Crippen LogP contribution >= 0.6 is 11.3 Å². The molecule has 0 amide bonds. The molecule has 0 aliphatic carbocycles. The van der Waals surface area contributed by atoms with E-state index in [0.717, 1.165) is 17.3 Å². The Morgan fingerprint density at radius 2 is 2.42 bits per heavy atom. The number of carbonyl (C=O) groups is 1. The van der Waals surface area contributed by atoms with Gasteiger partial charge >= 0.3 is 5.97 Å². The average molecular weight is 280 g/mol. The molecule has 0 spiro atoms. The van der Waals surface area contributed by atoms with Crippen LogP contribution in [0.3, 0.4) is 0 Å². The van der Waals surface area contributed by atoms with Gasteiger partial charge in [-0.3, -0.25) is 0 Å². The Labute approximate surface area is 115 Å². The number of thiazole rings is 1. The maximum absolute atomic E-state index is 11.5. The lowest BCUT2D eigenvalue weighted by molar-refractivity contribution is 0.0605. The van der Waals surface area contributed by atoms with Crippen molar-refractivity contribution in [2.45, 2.75) is 26.3 Å². The van der Waals surface area contributed by atoms with Crippen LogP contribution in [-0.4, -0.2) is 24.1 Å². The zero-order valence-corrected chi connectivity index (χ0v) is 11.9. The van der Waals surface area contributed by atoms with Crippen LogP contribution < -0.4 is 5.32 Å². The van der Waals surface area contributed by atoms with Crippen LogP contribution in [0.4, 0.5) is 5.13 Å². The highest BCUT2D eigenvalue weighted by Gasteiger charge is 2.16. The van der Waals surface area contributed by atoms with Crippen molar-refractivity contribution in [3.8, 4) is 0 Å². The predicted molar refractivity (Wildman–Crippen MR) is 73.7 cm³/mol. The highest BCUT2D eigenvalue weighted by molar-refractivity contribution is 7.17. The molecule has 0 aliphatic heterocycles. The van der Waals surface area contributed by atoms with Crippen LogP contribution in [0.15, 0.2) is 22.8 Å². The summed E-state index contributed by atoms with van der Waals surface area (Å²) in [5, 5.41) is 3.98. The Bertz CT molecular complexity index is 548. The van der Waals surface area contributed by atoms with E-state index >= 15 is 0 Å². The zero-order valence-electron chi connectivity index (χ0n) is 11.1. The van der Waals surface area contributed by atoms with Gasteiger partial charge in [0.15, 0.2) is 5.13 Å². The molecular weight excluding hydrogens is 264 g/mol. The van der Waals surface area contributed by atoms with Gasteiger partial charge in [-0.1, -0.05) is 11.3 Å². The molecule has 1 N–H and O–H groups in total. The topological polar surface area (TPSA) is 64.4 Å². The molecule has 0 aromatic carbocycles. The van der Waals surface area contributed by atoms with Crippen LogP contribution in [-0.2, 0) is 11.2 Å². The van der Waals surface area contributed by atoms with Crippen molar-refractivity contribution in [1.82, 2.24) is 4.98 Å². The number of furan rings is 1. The number of hydrogen-bond donors (Lipinski definition) is 1. The molecule has 6 heteroatoms. The van der Waals surface area contributed by atoms with Gasteiger partial charge in [0, 0.05) is 12.5 Å². The van der Waals surface area contributed by atoms with Gasteiger partial charge in [0.05, 0.1) is 19.1 Å². The highest BCUT2D eigenvalue weighted by atomic mass is 32.1. The first-order chi connectivity index (χ1) is 9.10. The normalized spacial score (nSPS) is 12.2. The molecule has 0 saturated carbocycles. The van der Waals surface area contributed by atoms with Crippen molar-refractivity contribution in [2.75, 3.05) is 12.4 Å². The lowest BCUT2D eigenvalue weighted by Gasteiger charge is -2.10. The summed E-state index contributed by atoms with van der Waals surface area (Å²) >= 11 is 1.31. The Kier molecular flexibility index (Phi) is 4.21. The number of anilines is 1. The maximum Gasteiger partial charge on any atom is 0.350 e. The molecule has 2 aromatic heterocycles. The van der Waals surface area contributed by atoms with Gasteiger partial charge in [0.1, 0.15) is 10.6 Å². The number of nitrogens with one attached hydrogen (secondary N) is 1. The van der Waals surface area contributed by atoms with E-state index in [1.165, 1.54) is 18.4 Å². The second kappa shape index (κ2) is 5.88. The third-order valence-corrected chi connectivity index (χ3v) is 3.69. The smallest absolute Gasteiger partial charge is 0.350 e. The second-order valence-corrected chi connectivity index (χ2v) is 5.25. The van der Waals surface area contributed by atoms with Gasteiger partial charge in [0.25, 0.3) is 0 Å². The molecule has 2 aromatic rings. The molecule has 2 heterocycles. The Hall–Kier alpha value is -1.82. The zero-order chi connectivity index (χ0) is 13.8. The Balaban J connectivity index is 2.01. The summed E-state index contributed by atoms with van der Waals surface area (Å²) in [5.74, 6) is 0.572. The lowest BCUT2D eigenvalue weighted by Crippen LogP contribution is -2.17. The van der Waals surface area contributed by atoms with Gasteiger partial charge in [-0.2, -0.15) is 0 Å². The number of hydrogen-bond acceptors (Lipinski definition) is 6. The molecule has 0 bridgehead atoms. The van der Waals surface area contributed by atoms with Crippen molar-refractivity contribution in [3.05, 3.63) is 34.7 Å². The average Bonchev–Trinajstić information content (AvgIpc) is 2.98. The molecule has 102 valence electrons. The third-order valence-electron chi connectivity index (χ3n) is 2.62. The molecule has 1 unspecified atom stereocenters. The fourth-order valence-corrected chi connectivity index (χ4v) is 2.73. The van der Waals surface area contributed by atoms with E-state index in [2.05, 4.69) is 10.3 Å². The quantitative estimate of drug-likeness (QED) is 0.853. The summed E-state index contributed by atoms with van der Waals surface area (Å²) < 4.78 is 10.0. The van der Waals surface area contributed by atoms with Crippen LogP contribution in [0.1, 0.15) is 28.0 Å². The van der Waals surface area contributed by atoms with Gasteiger partial charge in [-0.25, -0.2) is 9.78 Å². The maximum atomic E-state index is 11.5. The van der Waals surface area contributed by atoms with E-state index in [1.807, 2.05) is 19.1 Å². The monoisotopic (exact) mass is 280 g/mol. The molecular formula is C13H16N2O3S. The Morgan fingerprint density at radius 3 is 3.05 bits per heavy atom. The van der Waals surface area contributed by atoms with Crippen molar-refractivity contribution in [3.63, 3.8) is 0 Å². The number of ether oxygens (including phenoxy) is 1. The molecule has 0 radical (unpaired) electrons. The number of methoxy groups -OCH3 is 1. The number of rotatable bonds is 5. The second-order valence-electron chi connectivity index (χ2n) is 4.25. The van der Waals surface area contributed by atoms with Gasteiger partial charge in [-0.05, 0) is 26.0 Å². The molecule has 5 nitrogen and oxygen atoms in total. The summed E-state index contributed by atoms with van der Waals surface area (Å²) in [7, 11) is 1.37. The third kappa shape index (κ3) is 3.35. The summed E-state index contributed by atoms with van der Waals surface area (Å²) in [6.07, 6.45) is 2.42. The molecule has 2 rings (SSSR count). The first kappa shape index (κ1) is 13.6. The molecule has 0 aliphatic rings. The van der Waals surface area contributed by atoms with Crippen molar-refractivity contribution in [1.29, 1.82) is 0 Å². The fourth-order valence-electron chi connectivity index (χ4n) is 1.73. The van der Waals surface area contributed by atoms with Gasteiger partial charge < -0.3 is 14.5 Å². The lowest BCUT2D eigenvalue weighted by atomic mass is 10.2. The van der Waals surface area contributed by atoms with E-state index in [-0.39, 0.29) is 12.0 Å². The highest BCUT2D eigenvalue weighted by Crippen LogP contribution is 2.24. The van der Waals surface area contributed by atoms with Crippen molar-refractivity contribution >= 4 is 22.4 Å². The first-order valence-electron chi connectivity index (χ1n) is 5.94. The standard InChI is InChI=1S/C13H16N2O3S/c1-8(7-10-5-4-6-18-10)14-13-15-9(2)11(19-13)12(16)17-3/h4-6,8H,7H2,1-3H3,(H,14,15). The number of aromatic nitrogens is 1. The molecule has 1 atom stereocenters. The minimum atomic E-state index is -0.346. The number of nitrogens with zero attached hydrogens (tertiary/aromatic N) is 1. The minimum absolute atomic E-state index is 0.169. The van der Waals surface area contributed by atoms with E-state index < -0.39 is 0 Å². The van der Waals surface area contributed by atoms with Crippen LogP contribution in [0.2, 0.25) is 0 Å². The SMILES string of the molecule is COC(=O)c1sc(NC(C)Cc2ccco2)nc1C. The first-order valence-corrected chi connectivity index (χ1v) is 6.76. The molecule has 19 heavy (non-hydrogen) atoms. The Morgan fingerprint density at radius 1 is 1.63 bits per heavy atom. The van der Waals surface area contributed by atoms with Gasteiger partial charge in [0.2, 0.25) is 0 Å². The summed E-state index contributed by atoms with van der Waals surface area (Å²) in [6.45, 7) is 3.84. The van der Waals surface area contributed by atoms with Crippen LogP contribution in [0, 0.1) is 6.92 Å². The summed E-state index contributed by atoms with van der Waals surface area (Å²) in [5.41, 5.74) is 0.685. The van der Waals surface area contributed by atoms with Crippen LogP contribution in [0.25, 0.3) is 0 Å². The summed E-state index contributed by atoms with van der Waals surface area (Å²) in [6, 6.07) is 3.97. The van der Waals surface area contributed by atoms with Gasteiger partial charge in [-0.15, -0.1) is 0 Å². The number of aryl methyl sites for hydroxylation is 1. The van der Waals surface area contributed by atoms with Crippen molar-refractivity contribution < 1.29 is 13.9 Å². The fraction of sp³-hybridized carbons (Fsp3) is 0.385. The number of carbonyl (C=O) groups excluding carboxylic acids is 1. The van der Waals surface area contributed by atoms with E-state index in [4.69, 9.17) is 9.15 Å². The minimum Gasteiger partial charge on any atom is -0.469 e. The number of esters is 1. The largest absolute Gasteiger partial charge is 0.469 e. The van der Waals surface area contributed by atoms with E-state index in [0.29, 0.717) is 10.6 Å². The van der Waals surface area contributed by atoms with Crippen molar-refractivity contribution in [2.24, 2.45) is 0 Å². The molecule has 0 fully saturated rings.